The molecule has 132 valence electrons. The van der Waals surface area contributed by atoms with E-state index in [0.717, 1.165) is 22.5 Å². The Morgan fingerprint density at radius 1 is 1.00 bits per heavy atom. The van der Waals surface area contributed by atoms with Crippen LogP contribution in [0.4, 0.5) is 4.79 Å². The van der Waals surface area contributed by atoms with Crippen LogP contribution in [0.5, 0.6) is 0 Å². The van der Waals surface area contributed by atoms with Crippen molar-refractivity contribution in [2.24, 2.45) is 0 Å². The molecule has 0 radical (unpaired) electrons. The van der Waals surface area contributed by atoms with Gasteiger partial charge in [-0.1, -0.05) is 48.5 Å². The second-order valence-corrected chi connectivity index (χ2v) is 6.98. The SMILES string of the molecule is CC(C)NC(=O)N1Cc2ccccc2-n2cccc2C1c1ccccc1. The van der Waals surface area contributed by atoms with Gasteiger partial charge in [-0.05, 0) is 43.2 Å². The monoisotopic (exact) mass is 345 g/mol. The fraction of sp³-hybridized carbons (Fsp3) is 0.227. The molecule has 0 saturated carbocycles. The predicted octanol–water partition coefficient (Wildman–Crippen LogP) is 4.50. The third-order valence-electron chi connectivity index (χ3n) is 4.75. The molecule has 0 saturated heterocycles. The van der Waals surface area contributed by atoms with E-state index < -0.39 is 0 Å². The Hall–Kier alpha value is -3.01. The van der Waals surface area contributed by atoms with Gasteiger partial charge in [0.15, 0.2) is 0 Å². The molecule has 1 N–H and O–H groups in total. The van der Waals surface area contributed by atoms with Gasteiger partial charge in [-0.25, -0.2) is 4.79 Å². The first-order chi connectivity index (χ1) is 12.6. The van der Waals surface area contributed by atoms with Gasteiger partial charge in [0.2, 0.25) is 0 Å². The summed E-state index contributed by atoms with van der Waals surface area (Å²) in [6.07, 6.45) is 2.08. The normalized spacial score (nSPS) is 16.0. The van der Waals surface area contributed by atoms with E-state index in [1.54, 1.807) is 0 Å². The fourth-order valence-corrected chi connectivity index (χ4v) is 3.66. The molecule has 26 heavy (non-hydrogen) atoms. The number of para-hydroxylation sites is 1. The van der Waals surface area contributed by atoms with Gasteiger partial charge in [-0.2, -0.15) is 0 Å². The second-order valence-electron chi connectivity index (χ2n) is 6.98. The average Bonchev–Trinajstić information content (AvgIpc) is 3.06. The standard InChI is InChI=1S/C22H23N3O/c1-16(2)23-22(26)25-15-18-11-6-7-12-19(18)24-14-8-13-20(24)21(25)17-9-4-3-5-10-17/h3-14,16,21H,15H2,1-2H3,(H,23,26). The van der Waals surface area contributed by atoms with Gasteiger partial charge in [-0.3, -0.25) is 0 Å². The number of rotatable bonds is 2. The van der Waals surface area contributed by atoms with E-state index in [-0.39, 0.29) is 18.1 Å². The molecule has 4 rings (SSSR count). The molecule has 2 amide bonds. The summed E-state index contributed by atoms with van der Waals surface area (Å²) in [5.74, 6) is 0. The van der Waals surface area contributed by atoms with Crippen LogP contribution >= 0.6 is 0 Å². The predicted molar refractivity (Wildman–Crippen MR) is 103 cm³/mol. The lowest BCUT2D eigenvalue weighted by Crippen LogP contribution is -2.44. The van der Waals surface area contributed by atoms with Crippen molar-refractivity contribution in [3.8, 4) is 5.69 Å². The maximum Gasteiger partial charge on any atom is 0.318 e. The molecular weight excluding hydrogens is 322 g/mol. The number of amides is 2. The molecular formula is C22H23N3O. The summed E-state index contributed by atoms with van der Waals surface area (Å²) >= 11 is 0. The van der Waals surface area contributed by atoms with Crippen LogP contribution in [0.1, 0.15) is 36.7 Å². The highest BCUT2D eigenvalue weighted by Gasteiger charge is 2.32. The van der Waals surface area contributed by atoms with Crippen molar-refractivity contribution in [2.75, 3.05) is 0 Å². The van der Waals surface area contributed by atoms with Crippen molar-refractivity contribution < 1.29 is 4.79 Å². The molecule has 0 fully saturated rings. The van der Waals surface area contributed by atoms with Gasteiger partial charge >= 0.3 is 6.03 Å². The summed E-state index contributed by atoms with van der Waals surface area (Å²) in [6.45, 7) is 4.55. The molecule has 2 heterocycles. The quantitative estimate of drug-likeness (QED) is 0.729. The Labute approximate surface area is 154 Å². The first-order valence-electron chi connectivity index (χ1n) is 9.03. The minimum Gasteiger partial charge on any atom is -0.336 e. The molecule has 3 aromatic rings. The van der Waals surface area contributed by atoms with Crippen LogP contribution < -0.4 is 5.32 Å². The highest BCUT2D eigenvalue weighted by Crippen LogP contribution is 2.36. The molecule has 2 aromatic carbocycles. The van der Waals surface area contributed by atoms with Gasteiger partial charge in [0.05, 0.1) is 18.3 Å². The van der Waals surface area contributed by atoms with Crippen LogP contribution in [-0.2, 0) is 6.54 Å². The van der Waals surface area contributed by atoms with Crippen molar-refractivity contribution in [3.05, 3.63) is 89.7 Å². The van der Waals surface area contributed by atoms with Crippen LogP contribution in [0.2, 0.25) is 0 Å². The lowest BCUT2D eigenvalue weighted by atomic mass is 10.0. The van der Waals surface area contributed by atoms with Gasteiger partial charge in [0.25, 0.3) is 0 Å². The lowest BCUT2D eigenvalue weighted by Gasteiger charge is -2.31. The Morgan fingerprint density at radius 3 is 2.50 bits per heavy atom. The largest absolute Gasteiger partial charge is 0.336 e. The van der Waals surface area contributed by atoms with E-state index in [0.29, 0.717) is 6.54 Å². The minimum atomic E-state index is -0.141. The average molecular weight is 345 g/mol. The second kappa shape index (κ2) is 6.71. The highest BCUT2D eigenvalue weighted by atomic mass is 16.2. The summed E-state index contributed by atoms with van der Waals surface area (Å²) in [5.41, 5.74) is 4.48. The Kier molecular flexibility index (Phi) is 4.25. The third kappa shape index (κ3) is 2.88. The van der Waals surface area contributed by atoms with Gasteiger partial charge in [-0.15, -0.1) is 0 Å². The number of hydrogen-bond acceptors (Lipinski definition) is 1. The van der Waals surface area contributed by atoms with Crippen LogP contribution in [0.3, 0.4) is 0 Å². The summed E-state index contributed by atoms with van der Waals surface area (Å²) in [7, 11) is 0. The Morgan fingerprint density at radius 2 is 1.73 bits per heavy atom. The van der Waals surface area contributed by atoms with E-state index in [4.69, 9.17) is 0 Å². The van der Waals surface area contributed by atoms with Crippen LogP contribution in [0.15, 0.2) is 72.9 Å². The molecule has 0 aliphatic carbocycles. The van der Waals surface area contributed by atoms with Crippen LogP contribution in [0.25, 0.3) is 5.69 Å². The summed E-state index contributed by atoms with van der Waals surface area (Å²) in [6, 6.07) is 22.6. The van der Waals surface area contributed by atoms with Crippen molar-refractivity contribution in [1.82, 2.24) is 14.8 Å². The molecule has 1 aliphatic rings. The summed E-state index contributed by atoms with van der Waals surface area (Å²) < 4.78 is 2.20. The van der Waals surface area contributed by atoms with Gasteiger partial charge in [0, 0.05) is 17.9 Å². The number of benzene rings is 2. The van der Waals surface area contributed by atoms with Crippen molar-refractivity contribution in [1.29, 1.82) is 0 Å². The molecule has 0 spiro atoms. The third-order valence-corrected chi connectivity index (χ3v) is 4.75. The zero-order valence-corrected chi connectivity index (χ0v) is 15.1. The number of nitrogens with one attached hydrogen (secondary N) is 1. The fourth-order valence-electron chi connectivity index (χ4n) is 3.66. The summed E-state index contributed by atoms with van der Waals surface area (Å²) in [5, 5.41) is 3.07. The van der Waals surface area contributed by atoms with Crippen molar-refractivity contribution >= 4 is 6.03 Å². The number of carbonyl (C=O) groups excluding carboxylic acids is 1. The molecule has 1 aliphatic heterocycles. The Bertz CT molecular complexity index is 914. The number of aromatic nitrogens is 1. The van der Waals surface area contributed by atoms with E-state index in [1.807, 2.05) is 55.1 Å². The molecule has 1 atom stereocenters. The first kappa shape index (κ1) is 16.5. The van der Waals surface area contributed by atoms with E-state index in [9.17, 15) is 4.79 Å². The zero-order valence-electron chi connectivity index (χ0n) is 15.1. The molecule has 1 aromatic heterocycles. The molecule has 0 bridgehead atoms. The topological polar surface area (TPSA) is 37.3 Å². The van der Waals surface area contributed by atoms with Crippen LogP contribution in [-0.4, -0.2) is 21.5 Å². The number of nitrogens with zero attached hydrogens (tertiary/aromatic N) is 2. The van der Waals surface area contributed by atoms with E-state index in [1.165, 1.54) is 0 Å². The number of fused-ring (bicyclic) bond motifs is 3. The van der Waals surface area contributed by atoms with E-state index >= 15 is 0 Å². The highest BCUT2D eigenvalue weighted by molar-refractivity contribution is 5.76. The van der Waals surface area contributed by atoms with Crippen molar-refractivity contribution in [2.45, 2.75) is 32.5 Å². The smallest absolute Gasteiger partial charge is 0.318 e. The van der Waals surface area contributed by atoms with Gasteiger partial charge < -0.3 is 14.8 Å². The Balaban J connectivity index is 1.90. The number of urea groups is 1. The zero-order chi connectivity index (χ0) is 18.1. The van der Waals surface area contributed by atoms with Crippen molar-refractivity contribution in [3.63, 3.8) is 0 Å². The van der Waals surface area contributed by atoms with Gasteiger partial charge in [0.1, 0.15) is 0 Å². The summed E-state index contributed by atoms with van der Waals surface area (Å²) in [4.78, 5) is 15.0. The minimum absolute atomic E-state index is 0.0432. The molecule has 4 nitrogen and oxygen atoms in total. The molecule has 4 heteroatoms. The maximum atomic E-state index is 13.1. The number of hydrogen-bond donors (Lipinski definition) is 1. The lowest BCUT2D eigenvalue weighted by molar-refractivity contribution is 0.178. The number of carbonyl (C=O) groups is 1. The maximum absolute atomic E-state index is 13.1. The van der Waals surface area contributed by atoms with Crippen LogP contribution in [0, 0.1) is 0 Å². The molecule has 1 unspecified atom stereocenters. The first-order valence-corrected chi connectivity index (χ1v) is 9.03. The van der Waals surface area contributed by atoms with E-state index in [2.05, 4.69) is 46.4 Å².